The highest BCUT2D eigenvalue weighted by molar-refractivity contribution is 6.29. The highest BCUT2D eigenvalue weighted by atomic mass is 35.5. The van der Waals surface area contributed by atoms with E-state index < -0.39 is 5.69 Å². The normalized spacial score (nSPS) is 18.8. The first-order chi connectivity index (χ1) is 8.58. The minimum Gasteiger partial charge on any atom is -0.299 e. The van der Waals surface area contributed by atoms with E-state index >= 15 is 0 Å². The van der Waals surface area contributed by atoms with Gasteiger partial charge in [-0.25, -0.2) is 4.79 Å². The second-order valence-electron chi connectivity index (χ2n) is 4.82. The summed E-state index contributed by atoms with van der Waals surface area (Å²) >= 11 is 5.63. The highest BCUT2D eigenvalue weighted by Crippen LogP contribution is 2.12. The van der Waals surface area contributed by atoms with Crippen LogP contribution in [0.15, 0.2) is 15.7 Å². The second-order valence-corrected chi connectivity index (χ2v) is 5.22. The molecule has 1 aromatic rings. The molecule has 0 amide bonds. The predicted octanol–water partition coefficient (Wildman–Crippen LogP) is 1.06. The number of hydrogen-bond donors (Lipinski definition) is 1. The Labute approximate surface area is 110 Å². The topological polar surface area (TPSA) is 58.1 Å². The lowest BCUT2D eigenvalue weighted by Crippen LogP contribution is -2.45. The quantitative estimate of drug-likeness (QED) is 0.837. The molecule has 0 bridgehead atoms. The molecule has 2 rings (SSSR count). The van der Waals surface area contributed by atoms with E-state index in [2.05, 4.69) is 9.88 Å². The highest BCUT2D eigenvalue weighted by Gasteiger charge is 2.18. The van der Waals surface area contributed by atoms with Crippen molar-refractivity contribution in [3.05, 3.63) is 32.1 Å². The molecule has 0 spiro atoms. The van der Waals surface area contributed by atoms with Gasteiger partial charge in [0.25, 0.3) is 5.56 Å². The zero-order valence-corrected chi connectivity index (χ0v) is 11.2. The van der Waals surface area contributed by atoms with Gasteiger partial charge < -0.3 is 0 Å². The number of aromatic amines is 1. The van der Waals surface area contributed by atoms with Gasteiger partial charge in [-0.05, 0) is 32.9 Å². The largest absolute Gasteiger partial charge is 0.329 e. The van der Waals surface area contributed by atoms with Crippen molar-refractivity contribution in [2.45, 2.75) is 38.8 Å². The Morgan fingerprint density at radius 1 is 1.33 bits per heavy atom. The van der Waals surface area contributed by atoms with Gasteiger partial charge in [0.05, 0.1) is 0 Å². The first kappa shape index (κ1) is 13.4. The fourth-order valence-electron chi connectivity index (χ4n) is 2.40. The van der Waals surface area contributed by atoms with E-state index in [0.717, 1.165) is 13.1 Å². The van der Waals surface area contributed by atoms with Crippen LogP contribution in [0.1, 0.15) is 26.2 Å². The van der Waals surface area contributed by atoms with Crippen LogP contribution in [0, 0.1) is 0 Å². The molecule has 0 aromatic carbocycles. The third kappa shape index (κ3) is 3.03. The van der Waals surface area contributed by atoms with Crippen molar-refractivity contribution in [3.63, 3.8) is 0 Å². The van der Waals surface area contributed by atoms with Gasteiger partial charge in [-0.3, -0.25) is 19.2 Å². The number of nitrogens with zero attached hydrogens (tertiary/aromatic N) is 2. The maximum atomic E-state index is 11.7. The van der Waals surface area contributed by atoms with Gasteiger partial charge in [0.15, 0.2) is 0 Å². The van der Waals surface area contributed by atoms with Gasteiger partial charge in [0.2, 0.25) is 0 Å². The molecule has 0 aliphatic carbocycles. The third-order valence-electron chi connectivity index (χ3n) is 3.45. The lowest BCUT2D eigenvalue weighted by Gasteiger charge is -2.32. The lowest BCUT2D eigenvalue weighted by molar-refractivity contribution is 0.157. The maximum Gasteiger partial charge on any atom is 0.329 e. The third-order valence-corrected chi connectivity index (χ3v) is 3.65. The maximum absolute atomic E-state index is 11.7. The number of likely N-dealkylation sites (tertiary alicyclic amines) is 1. The lowest BCUT2D eigenvalue weighted by atomic mass is 10.1. The Bertz CT molecular complexity index is 486. The van der Waals surface area contributed by atoms with E-state index in [0.29, 0.717) is 6.54 Å². The van der Waals surface area contributed by atoms with Crippen molar-refractivity contribution < 1.29 is 0 Å². The fourth-order valence-corrected chi connectivity index (χ4v) is 2.58. The number of piperidine rings is 1. The van der Waals surface area contributed by atoms with Crippen LogP contribution in [0.3, 0.4) is 0 Å². The Morgan fingerprint density at radius 3 is 2.61 bits per heavy atom. The first-order valence-corrected chi connectivity index (χ1v) is 6.69. The molecule has 100 valence electrons. The fraction of sp³-hybridized carbons (Fsp3) is 0.667. The summed E-state index contributed by atoms with van der Waals surface area (Å²) in [7, 11) is 0. The summed E-state index contributed by atoms with van der Waals surface area (Å²) in [5.74, 6) is 0. The standard InChI is InChI=1S/C12H18ClN3O2/c1-9(15-5-3-2-4-6-15)8-16-11(17)7-10(13)14-12(16)18/h7,9H,2-6,8H2,1H3,(H,14,18). The van der Waals surface area contributed by atoms with E-state index in [1.54, 1.807) is 0 Å². The summed E-state index contributed by atoms with van der Waals surface area (Å²) in [6, 6.07) is 1.43. The Morgan fingerprint density at radius 2 is 2.00 bits per heavy atom. The Balaban J connectivity index is 2.13. The van der Waals surface area contributed by atoms with Crippen molar-refractivity contribution >= 4 is 11.6 Å². The minimum atomic E-state index is -0.434. The van der Waals surface area contributed by atoms with Gasteiger partial charge in [-0.1, -0.05) is 18.0 Å². The van der Waals surface area contributed by atoms with E-state index in [1.165, 1.54) is 29.9 Å². The Hall–Kier alpha value is -1.07. The molecule has 1 aliphatic heterocycles. The molecule has 6 heteroatoms. The van der Waals surface area contributed by atoms with Crippen LogP contribution >= 0.6 is 11.6 Å². The Kier molecular flexibility index (Phi) is 4.24. The van der Waals surface area contributed by atoms with Crippen molar-refractivity contribution in [3.8, 4) is 0 Å². The van der Waals surface area contributed by atoms with Crippen LogP contribution in [0.4, 0.5) is 0 Å². The SMILES string of the molecule is CC(Cn1c(=O)cc(Cl)[nH]c1=O)N1CCCCC1. The molecule has 1 saturated heterocycles. The zero-order valence-electron chi connectivity index (χ0n) is 10.5. The van der Waals surface area contributed by atoms with Crippen LogP contribution in [-0.2, 0) is 6.54 Å². The monoisotopic (exact) mass is 271 g/mol. The van der Waals surface area contributed by atoms with Crippen LogP contribution in [-0.4, -0.2) is 33.6 Å². The smallest absolute Gasteiger partial charge is 0.299 e. The summed E-state index contributed by atoms with van der Waals surface area (Å²) in [4.78, 5) is 28.2. The zero-order chi connectivity index (χ0) is 13.1. The first-order valence-electron chi connectivity index (χ1n) is 6.31. The number of H-pyrrole nitrogens is 1. The molecule has 1 aromatic heterocycles. The predicted molar refractivity (Wildman–Crippen MR) is 71.2 cm³/mol. The van der Waals surface area contributed by atoms with Gasteiger partial charge in [0.1, 0.15) is 5.15 Å². The second kappa shape index (κ2) is 5.71. The summed E-state index contributed by atoms with van der Waals surface area (Å²) in [6.45, 7) is 4.54. The summed E-state index contributed by atoms with van der Waals surface area (Å²) in [5.41, 5.74) is -0.774. The summed E-state index contributed by atoms with van der Waals surface area (Å²) < 4.78 is 1.21. The van der Waals surface area contributed by atoms with E-state index in [1.807, 2.05) is 6.92 Å². The molecule has 2 heterocycles. The number of nitrogens with one attached hydrogen (secondary N) is 1. The molecule has 1 N–H and O–H groups in total. The van der Waals surface area contributed by atoms with Crippen molar-refractivity contribution in [1.29, 1.82) is 0 Å². The van der Waals surface area contributed by atoms with E-state index in [-0.39, 0.29) is 16.8 Å². The van der Waals surface area contributed by atoms with Crippen LogP contribution in [0.2, 0.25) is 5.15 Å². The number of aromatic nitrogens is 2. The molecule has 1 fully saturated rings. The van der Waals surface area contributed by atoms with E-state index in [4.69, 9.17) is 11.6 Å². The van der Waals surface area contributed by atoms with Gasteiger partial charge >= 0.3 is 5.69 Å². The van der Waals surface area contributed by atoms with Crippen LogP contribution in [0.25, 0.3) is 0 Å². The molecule has 18 heavy (non-hydrogen) atoms. The van der Waals surface area contributed by atoms with Crippen molar-refractivity contribution in [2.75, 3.05) is 13.1 Å². The van der Waals surface area contributed by atoms with Crippen molar-refractivity contribution in [1.82, 2.24) is 14.5 Å². The average molecular weight is 272 g/mol. The molecular formula is C12H18ClN3O2. The average Bonchev–Trinajstić information content (AvgIpc) is 2.34. The molecule has 0 saturated carbocycles. The summed E-state index contributed by atoms with van der Waals surface area (Å²) in [6.07, 6.45) is 3.65. The van der Waals surface area contributed by atoms with E-state index in [9.17, 15) is 9.59 Å². The molecule has 1 atom stereocenters. The van der Waals surface area contributed by atoms with Gasteiger partial charge in [0, 0.05) is 18.7 Å². The number of hydrogen-bond acceptors (Lipinski definition) is 3. The van der Waals surface area contributed by atoms with Gasteiger partial charge in [-0.15, -0.1) is 0 Å². The van der Waals surface area contributed by atoms with Crippen molar-refractivity contribution in [2.24, 2.45) is 0 Å². The molecule has 1 aliphatic rings. The number of rotatable bonds is 3. The van der Waals surface area contributed by atoms with Crippen LogP contribution in [0.5, 0.6) is 0 Å². The van der Waals surface area contributed by atoms with Crippen LogP contribution < -0.4 is 11.2 Å². The molecule has 0 radical (unpaired) electrons. The number of halogens is 1. The summed E-state index contributed by atoms with van der Waals surface area (Å²) in [5, 5.41) is 0.0897. The molecular weight excluding hydrogens is 254 g/mol. The van der Waals surface area contributed by atoms with Gasteiger partial charge in [-0.2, -0.15) is 0 Å². The molecule has 5 nitrogen and oxygen atoms in total. The molecule has 1 unspecified atom stereocenters. The minimum absolute atomic E-state index is 0.0897.